The van der Waals surface area contributed by atoms with Crippen LogP contribution in [0.4, 0.5) is 4.39 Å². The average molecular weight is 488 g/mol. The van der Waals surface area contributed by atoms with Crippen LogP contribution in [0.5, 0.6) is 0 Å². The Kier molecular flexibility index (Phi) is 7.88. The van der Waals surface area contributed by atoms with E-state index in [2.05, 4.69) is 10.6 Å². The molecule has 7 heteroatoms. The molecule has 0 aromatic heterocycles. The smallest absolute Gasteiger partial charge is 0.222 e. The third-order valence-electron chi connectivity index (χ3n) is 5.36. The predicted octanol–water partition coefficient (Wildman–Crippen LogP) is 3.04. The van der Waals surface area contributed by atoms with E-state index in [-0.39, 0.29) is 47.2 Å². The minimum Gasteiger partial charge on any atom is -0.357 e. The van der Waals surface area contributed by atoms with Gasteiger partial charge in [0.15, 0.2) is 5.96 Å². The number of carbonyl (C=O) groups is 1. The summed E-state index contributed by atoms with van der Waals surface area (Å²) in [6, 6.07) is 7.12. The van der Waals surface area contributed by atoms with Crippen LogP contribution in [0.15, 0.2) is 29.3 Å². The minimum absolute atomic E-state index is 0. The zero-order valence-corrected chi connectivity index (χ0v) is 18.5. The maximum Gasteiger partial charge on any atom is 0.222 e. The van der Waals surface area contributed by atoms with E-state index in [0.717, 1.165) is 50.4 Å². The van der Waals surface area contributed by atoms with Crippen molar-refractivity contribution in [2.24, 2.45) is 4.99 Å². The summed E-state index contributed by atoms with van der Waals surface area (Å²) in [5.41, 5.74) is 1.02. The first kappa shape index (κ1) is 21.9. The molecule has 1 saturated carbocycles. The lowest BCUT2D eigenvalue weighted by atomic mass is 9.96. The number of halogens is 2. The molecule has 1 saturated heterocycles. The van der Waals surface area contributed by atoms with E-state index in [4.69, 9.17) is 4.99 Å². The van der Waals surface area contributed by atoms with E-state index in [1.165, 1.54) is 6.07 Å². The van der Waals surface area contributed by atoms with E-state index >= 15 is 0 Å². The second kappa shape index (κ2) is 9.71. The van der Waals surface area contributed by atoms with E-state index in [1.807, 2.05) is 24.8 Å². The Labute approximate surface area is 178 Å². The van der Waals surface area contributed by atoms with Crippen LogP contribution < -0.4 is 10.6 Å². The SMILES string of the molecule is CCNC(=NCC1(c2cccc(F)c2)CC1)NC1CCN(C(=O)CC)C1.I. The van der Waals surface area contributed by atoms with Gasteiger partial charge in [-0.2, -0.15) is 0 Å². The van der Waals surface area contributed by atoms with Crippen molar-refractivity contribution < 1.29 is 9.18 Å². The topological polar surface area (TPSA) is 56.7 Å². The van der Waals surface area contributed by atoms with Crippen molar-refractivity contribution in [3.05, 3.63) is 35.6 Å². The fourth-order valence-electron chi connectivity index (χ4n) is 3.58. The molecule has 0 spiro atoms. The maximum atomic E-state index is 13.6. The summed E-state index contributed by atoms with van der Waals surface area (Å²) in [5, 5.41) is 6.75. The van der Waals surface area contributed by atoms with Crippen molar-refractivity contribution in [1.82, 2.24) is 15.5 Å². The summed E-state index contributed by atoms with van der Waals surface area (Å²) in [6.07, 6.45) is 3.57. The first-order chi connectivity index (χ1) is 12.6. The van der Waals surface area contributed by atoms with Crippen molar-refractivity contribution >= 4 is 35.8 Å². The Hall–Kier alpha value is -1.38. The van der Waals surface area contributed by atoms with Crippen LogP contribution in [0, 0.1) is 5.82 Å². The Morgan fingerprint density at radius 2 is 2.15 bits per heavy atom. The predicted molar refractivity (Wildman–Crippen MR) is 117 cm³/mol. The second-order valence-electron chi connectivity index (χ2n) is 7.31. The Balaban J connectivity index is 0.00000261. The van der Waals surface area contributed by atoms with E-state index < -0.39 is 0 Å². The Morgan fingerprint density at radius 1 is 1.37 bits per heavy atom. The first-order valence-corrected chi connectivity index (χ1v) is 9.65. The van der Waals surface area contributed by atoms with Gasteiger partial charge in [0.1, 0.15) is 5.82 Å². The van der Waals surface area contributed by atoms with Gasteiger partial charge in [0.25, 0.3) is 0 Å². The van der Waals surface area contributed by atoms with Gasteiger partial charge in [0, 0.05) is 37.5 Å². The molecule has 1 atom stereocenters. The number of amides is 1. The molecule has 150 valence electrons. The van der Waals surface area contributed by atoms with Gasteiger partial charge < -0.3 is 15.5 Å². The third kappa shape index (κ3) is 5.56. The van der Waals surface area contributed by atoms with Crippen LogP contribution >= 0.6 is 24.0 Å². The summed E-state index contributed by atoms with van der Waals surface area (Å²) >= 11 is 0. The number of likely N-dealkylation sites (tertiary alicyclic amines) is 1. The Morgan fingerprint density at radius 3 is 2.78 bits per heavy atom. The van der Waals surface area contributed by atoms with E-state index in [9.17, 15) is 9.18 Å². The molecule has 1 aliphatic heterocycles. The first-order valence-electron chi connectivity index (χ1n) is 9.65. The summed E-state index contributed by atoms with van der Waals surface area (Å²) in [5.74, 6) is 0.805. The van der Waals surface area contributed by atoms with Crippen molar-refractivity contribution in [3.63, 3.8) is 0 Å². The number of guanidine groups is 1. The molecule has 5 nitrogen and oxygen atoms in total. The molecule has 1 heterocycles. The summed E-state index contributed by atoms with van der Waals surface area (Å²) in [6.45, 7) is 6.90. The largest absolute Gasteiger partial charge is 0.357 e. The van der Waals surface area contributed by atoms with Crippen molar-refractivity contribution in [1.29, 1.82) is 0 Å². The quantitative estimate of drug-likeness (QED) is 0.368. The fourth-order valence-corrected chi connectivity index (χ4v) is 3.58. The van der Waals surface area contributed by atoms with Crippen molar-refractivity contribution in [2.45, 2.75) is 51.0 Å². The van der Waals surface area contributed by atoms with Crippen molar-refractivity contribution in [3.8, 4) is 0 Å². The molecule has 27 heavy (non-hydrogen) atoms. The van der Waals surface area contributed by atoms with Crippen LogP contribution in [0.25, 0.3) is 0 Å². The number of nitrogens with zero attached hydrogens (tertiary/aromatic N) is 2. The molecular weight excluding hydrogens is 458 g/mol. The number of benzene rings is 1. The number of hydrogen-bond donors (Lipinski definition) is 2. The summed E-state index contributed by atoms with van der Waals surface area (Å²) in [4.78, 5) is 18.5. The second-order valence-corrected chi connectivity index (χ2v) is 7.31. The van der Waals surface area contributed by atoms with Crippen LogP contribution in [-0.4, -0.2) is 49.0 Å². The van der Waals surface area contributed by atoms with Crippen LogP contribution in [0.2, 0.25) is 0 Å². The summed E-state index contributed by atoms with van der Waals surface area (Å²) < 4.78 is 13.6. The fraction of sp³-hybridized carbons (Fsp3) is 0.600. The molecule has 1 aliphatic carbocycles. The lowest BCUT2D eigenvalue weighted by Gasteiger charge is -2.20. The Bertz CT molecular complexity index is 678. The highest BCUT2D eigenvalue weighted by Gasteiger charge is 2.44. The molecular formula is C20H30FIN4O. The molecule has 0 radical (unpaired) electrons. The van der Waals surface area contributed by atoms with Gasteiger partial charge in [-0.15, -0.1) is 24.0 Å². The zero-order chi connectivity index (χ0) is 18.6. The molecule has 1 amide bonds. The molecule has 1 unspecified atom stereocenters. The number of rotatable bonds is 6. The van der Waals surface area contributed by atoms with Gasteiger partial charge in [-0.1, -0.05) is 19.1 Å². The van der Waals surface area contributed by atoms with E-state index in [1.54, 1.807) is 12.1 Å². The number of aliphatic imine (C=N–C) groups is 1. The lowest BCUT2D eigenvalue weighted by Crippen LogP contribution is -2.45. The van der Waals surface area contributed by atoms with Gasteiger partial charge in [-0.25, -0.2) is 4.39 Å². The van der Waals surface area contributed by atoms with E-state index in [0.29, 0.717) is 13.0 Å². The standard InChI is InChI=1S/C20H29FN4O.HI/c1-3-18(26)25-11-8-17(13-25)24-19(22-4-2)23-14-20(9-10-20)15-6-5-7-16(21)12-15;/h5-7,12,17H,3-4,8-11,13-14H2,1-2H3,(H2,22,23,24);1H. The number of carbonyl (C=O) groups excluding carboxylic acids is 1. The highest BCUT2D eigenvalue weighted by atomic mass is 127. The monoisotopic (exact) mass is 488 g/mol. The average Bonchev–Trinajstić information content (AvgIpc) is 3.30. The maximum absolute atomic E-state index is 13.6. The molecule has 3 rings (SSSR count). The highest BCUT2D eigenvalue weighted by Crippen LogP contribution is 2.48. The molecule has 2 N–H and O–H groups in total. The summed E-state index contributed by atoms with van der Waals surface area (Å²) in [7, 11) is 0. The molecule has 2 aliphatic rings. The minimum atomic E-state index is -0.186. The lowest BCUT2D eigenvalue weighted by molar-refractivity contribution is -0.129. The van der Waals surface area contributed by atoms with Gasteiger partial charge in [0.2, 0.25) is 5.91 Å². The van der Waals surface area contributed by atoms with Gasteiger partial charge in [0.05, 0.1) is 6.54 Å². The van der Waals surface area contributed by atoms with Gasteiger partial charge in [-0.05, 0) is 43.9 Å². The van der Waals surface area contributed by atoms with Crippen LogP contribution in [0.1, 0.15) is 45.1 Å². The van der Waals surface area contributed by atoms with Gasteiger partial charge in [-0.3, -0.25) is 9.79 Å². The van der Waals surface area contributed by atoms with Crippen LogP contribution in [0.3, 0.4) is 0 Å². The number of nitrogens with one attached hydrogen (secondary N) is 2. The van der Waals surface area contributed by atoms with Crippen molar-refractivity contribution in [2.75, 3.05) is 26.2 Å². The molecule has 2 fully saturated rings. The molecule has 1 aromatic rings. The van der Waals surface area contributed by atoms with Crippen LogP contribution in [-0.2, 0) is 10.2 Å². The highest BCUT2D eigenvalue weighted by molar-refractivity contribution is 14.0. The zero-order valence-electron chi connectivity index (χ0n) is 16.1. The van der Waals surface area contributed by atoms with Gasteiger partial charge >= 0.3 is 0 Å². The normalized spacial score (nSPS) is 20.8. The molecule has 1 aromatic carbocycles. The number of hydrogen-bond acceptors (Lipinski definition) is 2. The third-order valence-corrected chi connectivity index (χ3v) is 5.36. The molecule has 0 bridgehead atoms.